The quantitative estimate of drug-likeness (QED) is 0.749. The molecule has 0 bridgehead atoms. The predicted molar refractivity (Wildman–Crippen MR) is 84.9 cm³/mol. The van der Waals surface area contributed by atoms with E-state index in [2.05, 4.69) is 4.99 Å². The molecule has 1 aromatic rings. The van der Waals surface area contributed by atoms with Crippen LogP contribution >= 0.6 is 23.5 Å². The Kier molecular flexibility index (Phi) is 5.92. The van der Waals surface area contributed by atoms with Gasteiger partial charge in [-0.2, -0.15) is 0 Å². The Labute approximate surface area is 123 Å². The van der Waals surface area contributed by atoms with Crippen molar-refractivity contribution >= 4 is 27.9 Å². The summed E-state index contributed by atoms with van der Waals surface area (Å²) < 4.78 is 12.5. The van der Waals surface area contributed by atoms with Crippen molar-refractivity contribution in [2.75, 3.05) is 24.7 Å². The van der Waals surface area contributed by atoms with E-state index < -0.39 is 0 Å². The molecular weight excluding hydrogens is 278 g/mol. The molecule has 0 fully saturated rings. The number of thioether (sulfide) groups is 2. The van der Waals surface area contributed by atoms with E-state index in [1.807, 2.05) is 49.9 Å². The lowest BCUT2D eigenvalue weighted by Crippen LogP contribution is -2.05. The molecule has 104 valence electrons. The Bertz CT molecular complexity index is 418. The van der Waals surface area contributed by atoms with Crippen molar-refractivity contribution < 1.29 is 9.47 Å². The van der Waals surface area contributed by atoms with Crippen molar-refractivity contribution in [1.29, 1.82) is 0 Å². The third kappa shape index (κ3) is 5.37. The van der Waals surface area contributed by atoms with Gasteiger partial charge in [0.1, 0.15) is 15.9 Å². The average molecular weight is 297 g/mol. The van der Waals surface area contributed by atoms with E-state index in [0.717, 1.165) is 29.5 Å². The first-order chi connectivity index (χ1) is 9.24. The van der Waals surface area contributed by atoms with Gasteiger partial charge in [-0.15, -0.1) is 0 Å². The number of ether oxygens (including phenoxy) is 2. The smallest absolute Gasteiger partial charge is 0.124 e. The highest BCUT2D eigenvalue weighted by atomic mass is 32.2. The first-order valence-corrected chi connectivity index (χ1v) is 8.41. The summed E-state index contributed by atoms with van der Waals surface area (Å²) >= 11 is 3.62. The molecule has 0 aliphatic carbocycles. The summed E-state index contributed by atoms with van der Waals surface area (Å²) in [5.74, 6) is 3.84. The van der Waals surface area contributed by atoms with Crippen molar-refractivity contribution in [1.82, 2.24) is 0 Å². The van der Waals surface area contributed by atoms with Gasteiger partial charge in [0.15, 0.2) is 0 Å². The molecule has 0 aromatic heterocycles. The molecule has 19 heavy (non-hydrogen) atoms. The summed E-state index contributed by atoms with van der Waals surface area (Å²) in [6.45, 7) is 5.70. The van der Waals surface area contributed by atoms with Gasteiger partial charge in [-0.3, -0.25) is 4.99 Å². The maximum Gasteiger partial charge on any atom is 0.124 e. The highest BCUT2D eigenvalue weighted by Gasteiger charge is 2.07. The van der Waals surface area contributed by atoms with Gasteiger partial charge in [-0.05, 0) is 38.1 Å². The van der Waals surface area contributed by atoms with Crippen LogP contribution in [0, 0.1) is 0 Å². The maximum absolute atomic E-state index is 5.69. The summed E-state index contributed by atoms with van der Waals surface area (Å²) in [6, 6.07) is 7.78. The second kappa shape index (κ2) is 7.70. The van der Waals surface area contributed by atoms with Crippen LogP contribution < -0.4 is 9.47 Å². The number of hydrogen-bond donors (Lipinski definition) is 0. The van der Waals surface area contributed by atoms with Crippen LogP contribution in [0.5, 0.6) is 11.5 Å². The summed E-state index contributed by atoms with van der Waals surface area (Å²) in [7, 11) is 0. The predicted octanol–water partition coefficient (Wildman–Crippen LogP) is 3.69. The van der Waals surface area contributed by atoms with Crippen molar-refractivity contribution in [3.05, 3.63) is 24.3 Å². The summed E-state index contributed by atoms with van der Waals surface area (Å²) in [5, 5.41) is 0. The molecule has 1 heterocycles. The van der Waals surface area contributed by atoms with E-state index >= 15 is 0 Å². The van der Waals surface area contributed by atoms with Crippen molar-refractivity contribution in [3.63, 3.8) is 0 Å². The first kappa shape index (κ1) is 14.6. The summed E-state index contributed by atoms with van der Waals surface area (Å²) in [4.78, 5) is 4.39. The Morgan fingerprint density at radius 1 is 1.26 bits per heavy atom. The zero-order valence-electron chi connectivity index (χ0n) is 11.3. The average Bonchev–Trinajstić information content (AvgIpc) is 2.89. The van der Waals surface area contributed by atoms with Gasteiger partial charge in [0.05, 0.1) is 19.3 Å². The van der Waals surface area contributed by atoms with Gasteiger partial charge in [-0.25, -0.2) is 0 Å². The Balaban J connectivity index is 1.67. The highest BCUT2D eigenvalue weighted by molar-refractivity contribution is 8.39. The zero-order valence-corrected chi connectivity index (χ0v) is 12.9. The van der Waals surface area contributed by atoms with Gasteiger partial charge < -0.3 is 9.47 Å². The highest BCUT2D eigenvalue weighted by Crippen LogP contribution is 2.22. The molecule has 1 aromatic carbocycles. The van der Waals surface area contributed by atoms with Crippen LogP contribution in [-0.4, -0.2) is 35.1 Å². The largest absolute Gasteiger partial charge is 0.493 e. The number of rotatable bonds is 6. The second-order valence-corrected chi connectivity index (χ2v) is 6.76. The fourth-order valence-corrected chi connectivity index (χ4v) is 3.47. The van der Waals surface area contributed by atoms with Crippen LogP contribution in [-0.2, 0) is 0 Å². The number of hydrogen-bond acceptors (Lipinski definition) is 5. The fourth-order valence-electron chi connectivity index (χ4n) is 1.58. The normalized spacial score (nSPS) is 14.6. The first-order valence-electron chi connectivity index (χ1n) is 6.43. The van der Waals surface area contributed by atoms with E-state index in [9.17, 15) is 0 Å². The van der Waals surface area contributed by atoms with E-state index in [4.69, 9.17) is 9.47 Å². The molecule has 1 aliphatic rings. The summed E-state index contributed by atoms with van der Waals surface area (Å²) in [5.41, 5.74) is 0. The topological polar surface area (TPSA) is 30.8 Å². The molecule has 0 saturated carbocycles. The third-order valence-corrected chi connectivity index (χ3v) is 4.55. The molecule has 0 unspecified atom stereocenters. The van der Waals surface area contributed by atoms with Crippen LogP contribution in [0.25, 0.3) is 0 Å². The maximum atomic E-state index is 5.69. The van der Waals surface area contributed by atoms with Crippen LogP contribution in [0.4, 0.5) is 0 Å². The lowest BCUT2D eigenvalue weighted by Gasteiger charge is -2.10. The SMILES string of the molecule is CC(C)Oc1ccc(OCCSC2=NCCS2)cc1. The molecule has 2 rings (SSSR count). The van der Waals surface area contributed by atoms with Gasteiger partial charge >= 0.3 is 0 Å². The molecule has 1 aliphatic heterocycles. The third-order valence-electron chi connectivity index (χ3n) is 2.33. The number of nitrogens with zero attached hydrogens (tertiary/aromatic N) is 1. The Hall–Kier alpha value is -0.810. The molecule has 0 radical (unpaired) electrons. The van der Waals surface area contributed by atoms with Crippen LogP contribution in [0.15, 0.2) is 29.3 Å². The molecular formula is C14H19NO2S2. The zero-order chi connectivity index (χ0) is 13.5. The van der Waals surface area contributed by atoms with Gasteiger partial charge in [0.25, 0.3) is 0 Å². The van der Waals surface area contributed by atoms with Crippen LogP contribution in [0.2, 0.25) is 0 Å². The summed E-state index contributed by atoms with van der Waals surface area (Å²) in [6.07, 6.45) is 0.202. The standard InChI is InChI=1S/C14H19NO2S2/c1-11(2)17-13-5-3-12(4-6-13)16-8-10-19-14-15-7-9-18-14/h3-6,11H,7-10H2,1-2H3. The minimum absolute atomic E-state index is 0.202. The van der Waals surface area contributed by atoms with Crippen molar-refractivity contribution in [2.24, 2.45) is 4.99 Å². The van der Waals surface area contributed by atoms with E-state index in [1.54, 1.807) is 11.8 Å². The molecule has 0 spiro atoms. The van der Waals surface area contributed by atoms with E-state index in [1.165, 1.54) is 4.38 Å². The van der Waals surface area contributed by atoms with E-state index in [-0.39, 0.29) is 6.10 Å². The lowest BCUT2D eigenvalue weighted by molar-refractivity contribution is 0.242. The van der Waals surface area contributed by atoms with Crippen LogP contribution in [0.1, 0.15) is 13.8 Å². The Morgan fingerprint density at radius 3 is 2.63 bits per heavy atom. The van der Waals surface area contributed by atoms with Gasteiger partial charge in [0, 0.05) is 11.5 Å². The van der Waals surface area contributed by atoms with Crippen molar-refractivity contribution in [2.45, 2.75) is 20.0 Å². The minimum atomic E-state index is 0.202. The Morgan fingerprint density at radius 2 is 2.00 bits per heavy atom. The minimum Gasteiger partial charge on any atom is -0.493 e. The molecule has 0 amide bonds. The van der Waals surface area contributed by atoms with Gasteiger partial charge in [-0.1, -0.05) is 23.5 Å². The lowest BCUT2D eigenvalue weighted by atomic mass is 10.3. The molecule has 5 heteroatoms. The van der Waals surface area contributed by atoms with E-state index in [0.29, 0.717) is 6.61 Å². The monoisotopic (exact) mass is 297 g/mol. The van der Waals surface area contributed by atoms with Crippen LogP contribution in [0.3, 0.4) is 0 Å². The molecule has 0 N–H and O–H groups in total. The number of benzene rings is 1. The molecule has 0 atom stereocenters. The van der Waals surface area contributed by atoms with Crippen molar-refractivity contribution in [3.8, 4) is 11.5 Å². The number of aliphatic imine (C=N–C) groups is 1. The second-order valence-electron chi connectivity index (χ2n) is 4.33. The fraction of sp³-hybridized carbons (Fsp3) is 0.500. The molecule has 3 nitrogen and oxygen atoms in total. The van der Waals surface area contributed by atoms with Gasteiger partial charge in [0.2, 0.25) is 0 Å². The molecule has 0 saturated heterocycles.